The van der Waals surface area contributed by atoms with Gasteiger partial charge in [0, 0.05) is 12.8 Å². The van der Waals surface area contributed by atoms with Crippen LogP contribution in [0.5, 0.6) is 0 Å². The van der Waals surface area contributed by atoms with Crippen molar-refractivity contribution in [2.75, 3.05) is 19.8 Å². The molecule has 0 fully saturated rings. The Morgan fingerprint density at radius 2 is 0.914 bits per heavy atom. The van der Waals surface area contributed by atoms with Crippen LogP contribution in [0.4, 0.5) is 0 Å². The number of phosphoric acid groups is 1. The highest BCUT2D eigenvalue weighted by molar-refractivity contribution is 7.47. The van der Waals surface area contributed by atoms with Gasteiger partial charge in [0.25, 0.3) is 0 Å². The molecule has 0 bridgehead atoms. The first-order valence-electron chi connectivity index (χ1n) is 22.3. The molecule has 334 valence electrons. The van der Waals surface area contributed by atoms with Crippen LogP contribution in [0.1, 0.15) is 181 Å². The smallest absolute Gasteiger partial charge is 0.472 e. The lowest BCUT2D eigenvalue weighted by molar-refractivity contribution is -0.161. The maximum atomic E-state index is 12.6. The van der Waals surface area contributed by atoms with Crippen molar-refractivity contribution >= 4 is 25.7 Å². The lowest BCUT2D eigenvalue weighted by Crippen LogP contribution is -2.34. The normalized spacial score (nSPS) is 14.3. The SMILES string of the molecule is CCCCC/C=C/C/C=C/C/C=C/CCCCC(=O)OC[C@H](COP(=O)(O)OC[C@H](N)C(=O)O)OC(=O)CCCCCCCCCCC/C=C/C/C=C/CCCCC. The monoisotopic (exact) mass is 838 g/mol. The average Bonchev–Trinajstić information content (AvgIpc) is 3.20. The quantitative estimate of drug-likeness (QED) is 0.0231. The molecule has 0 spiro atoms. The number of rotatable bonds is 41. The Morgan fingerprint density at radius 1 is 0.534 bits per heavy atom. The molecule has 0 aliphatic heterocycles. The predicted molar refractivity (Wildman–Crippen MR) is 235 cm³/mol. The van der Waals surface area contributed by atoms with Gasteiger partial charge in [-0.1, -0.05) is 145 Å². The van der Waals surface area contributed by atoms with Crippen molar-refractivity contribution in [3.05, 3.63) is 60.8 Å². The lowest BCUT2D eigenvalue weighted by Gasteiger charge is -2.20. The number of hydrogen-bond acceptors (Lipinski definition) is 9. The Morgan fingerprint density at radius 3 is 1.40 bits per heavy atom. The van der Waals surface area contributed by atoms with E-state index >= 15 is 0 Å². The number of phosphoric ester groups is 1. The van der Waals surface area contributed by atoms with Crippen molar-refractivity contribution in [3.8, 4) is 0 Å². The van der Waals surface area contributed by atoms with Gasteiger partial charge in [0.05, 0.1) is 13.2 Å². The minimum atomic E-state index is -4.73. The standard InChI is InChI=1S/C46H80NO10P/c1-3-5-7-9-11-13-15-17-19-20-21-22-24-26-28-30-32-34-36-38-45(49)57-42(40-55-58(52,53)56-41-43(47)46(50)51)39-54-44(48)37-35-33-31-29-27-25-23-18-16-14-12-10-8-6-4-2/h11-14,17-19,23,27,29,42-43H,3-10,15-16,20-22,24-26,28,30-41,47H2,1-2H3,(H,50,51)(H,52,53)/b13-11+,14-12+,19-17+,23-18+,29-27+/t42-,43+/m1/s1. The van der Waals surface area contributed by atoms with Gasteiger partial charge in [0.1, 0.15) is 12.6 Å². The molecule has 11 nitrogen and oxygen atoms in total. The molecule has 0 aliphatic rings. The third-order valence-electron chi connectivity index (χ3n) is 9.24. The number of unbranched alkanes of at least 4 members (excludes halogenated alkanes) is 17. The first-order valence-corrected chi connectivity index (χ1v) is 23.8. The molecule has 1 unspecified atom stereocenters. The number of aliphatic carboxylic acids is 1. The molecule has 12 heteroatoms. The van der Waals surface area contributed by atoms with Crippen LogP contribution in [-0.2, 0) is 37.5 Å². The van der Waals surface area contributed by atoms with E-state index in [1.165, 1.54) is 77.0 Å². The van der Waals surface area contributed by atoms with Gasteiger partial charge in [0.15, 0.2) is 6.10 Å². The van der Waals surface area contributed by atoms with Crippen molar-refractivity contribution in [2.45, 2.75) is 193 Å². The van der Waals surface area contributed by atoms with Crippen LogP contribution in [0.3, 0.4) is 0 Å². The van der Waals surface area contributed by atoms with Crippen molar-refractivity contribution in [1.29, 1.82) is 0 Å². The zero-order valence-electron chi connectivity index (χ0n) is 36.1. The van der Waals surface area contributed by atoms with E-state index in [-0.39, 0.29) is 19.4 Å². The summed E-state index contributed by atoms with van der Waals surface area (Å²) in [4.78, 5) is 46.0. The maximum absolute atomic E-state index is 12.6. The number of carbonyl (C=O) groups excluding carboxylic acids is 2. The largest absolute Gasteiger partial charge is 0.480 e. The van der Waals surface area contributed by atoms with E-state index in [0.29, 0.717) is 12.8 Å². The van der Waals surface area contributed by atoms with Gasteiger partial charge in [-0.05, 0) is 83.5 Å². The highest BCUT2D eigenvalue weighted by atomic mass is 31.2. The first kappa shape index (κ1) is 55.2. The summed E-state index contributed by atoms with van der Waals surface area (Å²) in [5, 5.41) is 8.89. The Kier molecular flexibility index (Phi) is 38.9. The van der Waals surface area contributed by atoms with Crippen LogP contribution in [0.2, 0.25) is 0 Å². The highest BCUT2D eigenvalue weighted by Gasteiger charge is 2.28. The summed E-state index contributed by atoms with van der Waals surface area (Å²) < 4.78 is 32.7. The topological polar surface area (TPSA) is 172 Å². The maximum Gasteiger partial charge on any atom is 0.472 e. The molecule has 3 atom stereocenters. The van der Waals surface area contributed by atoms with Gasteiger partial charge >= 0.3 is 25.7 Å². The van der Waals surface area contributed by atoms with E-state index in [1.54, 1.807) is 0 Å². The number of esters is 2. The van der Waals surface area contributed by atoms with Crippen LogP contribution in [0, 0.1) is 0 Å². The fraction of sp³-hybridized carbons (Fsp3) is 0.717. The van der Waals surface area contributed by atoms with Crippen LogP contribution < -0.4 is 5.73 Å². The van der Waals surface area contributed by atoms with Gasteiger partial charge in [0.2, 0.25) is 0 Å². The molecule has 0 radical (unpaired) electrons. The molecular formula is C46H80NO10P. The number of hydrogen-bond donors (Lipinski definition) is 3. The molecule has 0 rings (SSSR count). The summed E-state index contributed by atoms with van der Waals surface area (Å²) in [6, 6.07) is -1.53. The lowest BCUT2D eigenvalue weighted by atomic mass is 10.1. The van der Waals surface area contributed by atoms with Crippen LogP contribution >= 0.6 is 7.82 Å². The Balaban J connectivity index is 4.41. The summed E-state index contributed by atoms with van der Waals surface area (Å²) in [6.45, 7) is 2.70. The van der Waals surface area contributed by atoms with Crippen molar-refractivity contribution in [1.82, 2.24) is 0 Å². The van der Waals surface area contributed by atoms with Gasteiger partial charge in [-0.2, -0.15) is 0 Å². The number of ether oxygens (including phenoxy) is 2. The molecule has 0 heterocycles. The van der Waals surface area contributed by atoms with Gasteiger partial charge in [-0.25, -0.2) is 4.57 Å². The van der Waals surface area contributed by atoms with E-state index in [2.05, 4.69) is 79.1 Å². The minimum Gasteiger partial charge on any atom is -0.480 e. The number of carbonyl (C=O) groups is 3. The average molecular weight is 838 g/mol. The van der Waals surface area contributed by atoms with Crippen molar-refractivity contribution in [3.63, 3.8) is 0 Å². The zero-order valence-corrected chi connectivity index (χ0v) is 37.0. The van der Waals surface area contributed by atoms with Crippen molar-refractivity contribution < 1.29 is 47.5 Å². The van der Waals surface area contributed by atoms with E-state index in [0.717, 1.165) is 64.2 Å². The van der Waals surface area contributed by atoms with Crippen LogP contribution in [-0.4, -0.2) is 59.9 Å². The Hall–Kier alpha value is -2.82. The molecule has 0 aliphatic carbocycles. The van der Waals surface area contributed by atoms with E-state index in [4.69, 9.17) is 24.8 Å². The highest BCUT2D eigenvalue weighted by Crippen LogP contribution is 2.43. The number of allylic oxidation sites excluding steroid dienone is 10. The molecule has 58 heavy (non-hydrogen) atoms. The molecule has 0 aromatic heterocycles. The van der Waals surface area contributed by atoms with Crippen molar-refractivity contribution in [2.24, 2.45) is 5.73 Å². The minimum absolute atomic E-state index is 0.146. The number of carboxylic acid groups (broad SMARTS) is 1. The molecule has 0 saturated heterocycles. The fourth-order valence-corrected chi connectivity index (χ4v) is 6.47. The summed E-state index contributed by atoms with van der Waals surface area (Å²) in [5.74, 6) is -2.44. The zero-order chi connectivity index (χ0) is 42.8. The van der Waals surface area contributed by atoms with E-state index in [9.17, 15) is 23.8 Å². The third-order valence-corrected chi connectivity index (χ3v) is 10.2. The van der Waals surface area contributed by atoms with Gasteiger partial charge in [-0.15, -0.1) is 0 Å². The molecule has 0 aromatic rings. The molecule has 0 amide bonds. The van der Waals surface area contributed by atoms with Gasteiger partial charge < -0.3 is 25.2 Å². The van der Waals surface area contributed by atoms with E-state index < -0.39 is 51.1 Å². The molecule has 0 saturated carbocycles. The summed E-state index contributed by atoms with van der Waals surface area (Å²) in [5.41, 5.74) is 5.33. The van der Waals surface area contributed by atoms with E-state index in [1.807, 2.05) is 0 Å². The predicted octanol–water partition coefficient (Wildman–Crippen LogP) is 12.0. The van der Waals surface area contributed by atoms with Gasteiger partial charge in [-0.3, -0.25) is 23.4 Å². The Bertz CT molecular complexity index is 1210. The van der Waals surface area contributed by atoms with Crippen LogP contribution in [0.15, 0.2) is 60.8 Å². The van der Waals surface area contributed by atoms with Crippen LogP contribution in [0.25, 0.3) is 0 Å². The fourth-order valence-electron chi connectivity index (χ4n) is 5.69. The molecular weight excluding hydrogens is 757 g/mol. The molecule has 4 N–H and O–H groups in total. The second-order valence-corrected chi connectivity index (χ2v) is 16.3. The second kappa shape index (κ2) is 40.9. The second-order valence-electron chi connectivity index (χ2n) is 14.8. The molecule has 0 aromatic carbocycles. The summed E-state index contributed by atoms with van der Waals surface area (Å²) in [6.07, 6.45) is 47.1. The summed E-state index contributed by atoms with van der Waals surface area (Å²) in [7, 11) is -4.73. The Labute approximate surface area is 351 Å². The number of nitrogens with two attached hydrogens (primary N) is 1. The summed E-state index contributed by atoms with van der Waals surface area (Å²) >= 11 is 0. The third kappa shape index (κ3) is 40.0. The number of carboxylic acids is 1. The first-order chi connectivity index (χ1) is 28.1.